The Kier molecular flexibility index (Phi) is 9.26. The zero-order chi connectivity index (χ0) is 27.4. The van der Waals surface area contributed by atoms with Crippen molar-refractivity contribution in [2.75, 3.05) is 26.3 Å². The molecule has 1 fully saturated rings. The van der Waals surface area contributed by atoms with Gasteiger partial charge in [-0.25, -0.2) is 0 Å². The fourth-order valence-corrected chi connectivity index (χ4v) is 6.74. The van der Waals surface area contributed by atoms with E-state index in [1.165, 1.54) is 66.4 Å². The molecule has 3 aliphatic rings. The Balaban J connectivity index is 1.39. The van der Waals surface area contributed by atoms with E-state index in [4.69, 9.17) is 5.11 Å². The van der Waals surface area contributed by atoms with Crippen LogP contribution < -0.4 is 5.32 Å². The molecule has 3 N–H and O–H groups in total. The van der Waals surface area contributed by atoms with Crippen LogP contribution in [0.2, 0.25) is 0 Å². The average molecular weight is 518 g/mol. The van der Waals surface area contributed by atoms with E-state index < -0.39 is 0 Å². The fraction of sp³-hybridized carbons (Fsp3) is 0.629. The van der Waals surface area contributed by atoms with Gasteiger partial charge in [0.25, 0.3) is 0 Å². The van der Waals surface area contributed by atoms with Crippen LogP contribution in [0.25, 0.3) is 5.57 Å². The van der Waals surface area contributed by atoms with Crippen LogP contribution in [-0.2, 0) is 10.8 Å². The molecule has 1 unspecified atom stereocenters. The SMILES string of the molecule is CC1(C2=CC=CC(c3ccc4c(c3)C(C)(C)CCC4(C)C)=C=C2)CCC(CNCCC(CO)CCO)CC1. The highest BCUT2D eigenvalue weighted by Crippen LogP contribution is 2.47. The van der Waals surface area contributed by atoms with Gasteiger partial charge < -0.3 is 15.5 Å². The van der Waals surface area contributed by atoms with Crippen LogP contribution in [0.5, 0.6) is 0 Å². The van der Waals surface area contributed by atoms with Gasteiger partial charge in [0.05, 0.1) is 0 Å². The summed E-state index contributed by atoms with van der Waals surface area (Å²) in [6.45, 7) is 14.3. The Morgan fingerprint density at radius 1 is 0.947 bits per heavy atom. The molecule has 208 valence electrons. The Morgan fingerprint density at radius 2 is 1.66 bits per heavy atom. The highest BCUT2D eigenvalue weighted by molar-refractivity contribution is 5.76. The second kappa shape index (κ2) is 12.1. The highest BCUT2D eigenvalue weighted by atomic mass is 16.3. The van der Waals surface area contributed by atoms with E-state index in [0.717, 1.165) is 19.5 Å². The average Bonchev–Trinajstić information content (AvgIpc) is 3.17. The first-order chi connectivity index (χ1) is 18.1. The number of nitrogens with one attached hydrogen (secondary N) is 1. The summed E-state index contributed by atoms with van der Waals surface area (Å²) in [6, 6.07) is 7.12. The van der Waals surface area contributed by atoms with Crippen LogP contribution in [0.4, 0.5) is 0 Å². The maximum absolute atomic E-state index is 9.42. The topological polar surface area (TPSA) is 52.5 Å². The van der Waals surface area contributed by atoms with Gasteiger partial charge in [-0.2, -0.15) is 0 Å². The lowest BCUT2D eigenvalue weighted by molar-refractivity contribution is 0.174. The third-order valence-corrected chi connectivity index (χ3v) is 9.95. The maximum atomic E-state index is 9.42. The number of benzene rings is 1. The highest BCUT2D eigenvalue weighted by Gasteiger charge is 2.37. The summed E-state index contributed by atoms with van der Waals surface area (Å²) in [7, 11) is 0. The van der Waals surface area contributed by atoms with Crippen molar-refractivity contribution >= 4 is 5.57 Å². The van der Waals surface area contributed by atoms with Gasteiger partial charge in [-0.1, -0.05) is 58.9 Å². The molecular weight excluding hydrogens is 466 g/mol. The molecule has 0 bridgehead atoms. The molecule has 0 aliphatic heterocycles. The van der Waals surface area contributed by atoms with Crippen molar-refractivity contribution in [2.24, 2.45) is 17.3 Å². The predicted octanol–water partition coefficient (Wildman–Crippen LogP) is 7.24. The van der Waals surface area contributed by atoms with Gasteiger partial charge in [-0.05, 0) is 133 Å². The third kappa shape index (κ3) is 6.62. The summed E-state index contributed by atoms with van der Waals surface area (Å²) in [4.78, 5) is 0. The normalized spacial score (nSPS) is 26.8. The van der Waals surface area contributed by atoms with Crippen molar-refractivity contribution in [3.8, 4) is 0 Å². The quantitative estimate of drug-likeness (QED) is 0.226. The molecule has 0 radical (unpaired) electrons. The van der Waals surface area contributed by atoms with E-state index in [1.807, 2.05) is 0 Å². The molecule has 1 aromatic rings. The number of rotatable bonds is 10. The molecule has 0 heterocycles. The van der Waals surface area contributed by atoms with Crippen molar-refractivity contribution in [3.05, 3.63) is 70.5 Å². The zero-order valence-electron chi connectivity index (χ0n) is 24.6. The van der Waals surface area contributed by atoms with Crippen molar-refractivity contribution in [3.63, 3.8) is 0 Å². The standard InChI is InChI=1S/C35H51NO2/c1-33(2)19-20-34(3,4)32-23-29(10-12-31(32)33)28-7-6-8-30(11-9-28)35(5)17-13-26(14-18-35)24-36-21-15-27(25-38)16-22-37/h6-8,10-12,23,26-27,36-38H,13-22,24-25H2,1-5H3. The summed E-state index contributed by atoms with van der Waals surface area (Å²) in [5.41, 5.74) is 11.2. The fourth-order valence-electron chi connectivity index (χ4n) is 6.74. The molecule has 1 atom stereocenters. The van der Waals surface area contributed by atoms with Gasteiger partial charge in [0, 0.05) is 18.8 Å². The summed E-state index contributed by atoms with van der Waals surface area (Å²) >= 11 is 0. The smallest absolute Gasteiger partial charge is 0.0460 e. The largest absolute Gasteiger partial charge is 0.396 e. The summed E-state index contributed by atoms with van der Waals surface area (Å²) in [5, 5.41) is 22.1. The number of hydrogen-bond acceptors (Lipinski definition) is 3. The molecule has 3 nitrogen and oxygen atoms in total. The van der Waals surface area contributed by atoms with Crippen LogP contribution in [-0.4, -0.2) is 36.5 Å². The zero-order valence-corrected chi connectivity index (χ0v) is 24.6. The molecule has 4 rings (SSSR count). The molecule has 0 amide bonds. The van der Waals surface area contributed by atoms with E-state index in [2.05, 4.69) is 88.2 Å². The molecule has 1 aromatic carbocycles. The van der Waals surface area contributed by atoms with E-state index in [9.17, 15) is 5.11 Å². The van der Waals surface area contributed by atoms with Gasteiger partial charge in [0.15, 0.2) is 0 Å². The van der Waals surface area contributed by atoms with Crippen molar-refractivity contribution < 1.29 is 10.2 Å². The second-order valence-electron chi connectivity index (χ2n) is 13.8. The first-order valence-corrected chi connectivity index (χ1v) is 15.0. The Morgan fingerprint density at radius 3 is 2.34 bits per heavy atom. The lowest BCUT2D eigenvalue weighted by Crippen LogP contribution is -2.33. The van der Waals surface area contributed by atoms with E-state index in [0.29, 0.717) is 12.3 Å². The minimum absolute atomic E-state index is 0.159. The lowest BCUT2D eigenvalue weighted by atomic mass is 9.63. The molecule has 1 saturated carbocycles. The van der Waals surface area contributed by atoms with Crippen LogP contribution in [0, 0.1) is 17.3 Å². The molecule has 3 heteroatoms. The van der Waals surface area contributed by atoms with Gasteiger partial charge >= 0.3 is 0 Å². The van der Waals surface area contributed by atoms with Gasteiger partial charge in [-0.15, -0.1) is 5.73 Å². The maximum Gasteiger partial charge on any atom is 0.0460 e. The Labute approximate surface area is 231 Å². The van der Waals surface area contributed by atoms with Gasteiger partial charge in [-0.3, -0.25) is 0 Å². The van der Waals surface area contributed by atoms with Crippen LogP contribution in [0.3, 0.4) is 0 Å². The summed E-state index contributed by atoms with van der Waals surface area (Å²) in [6.07, 6.45) is 18.0. The van der Waals surface area contributed by atoms with Gasteiger partial charge in [0.2, 0.25) is 0 Å². The minimum Gasteiger partial charge on any atom is -0.396 e. The van der Waals surface area contributed by atoms with Crippen molar-refractivity contribution in [1.29, 1.82) is 0 Å². The second-order valence-corrected chi connectivity index (χ2v) is 13.8. The number of fused-ring (bicyclic) bond motifs is 1. The minimum atomic E-state index is 0.159. The molecular formula is C35H51NO2. The van der Waals surface area contributed by atoms with E-state index in [-0.39, 0.29) is 35.4 Å². The molecule has 0 saturated heterocycles. The van der Waals surface area contributed by atoms with Crippen LogP contribution >= 0.6 is 0 Å². The number of aliphatic hydroxyl groups excluding tert-OH is 2. The molecule has 3 aliphatic carbocycles. The number of hydrogen-bond donors (Lipinski definition) is 3. The molecule has 38 heavy (non-hydrogen) atoms. The monoisotopic (exact) mass is 517 g/mol. The molecule has 0 aromatic heterocycles. The van der Waals surface area contributed by atoms with E-state index >= 15 is 0 Å². The summed E-state index contributed by atoms with van der Waals surface area (Å²) < 4.78 is 0. The van der Waals surface area contributed by atoms with Crippen LogP contribution in [0.15, 0.2) is 53.8 Å². The third-order valence-electron chi connectivity index (χ3n) is 9.95. The summed E-state index contributed by atoms with van der Waals surface area (Å²) in [5.74, 6) is 0.926. The lowest BCUT2D eigenvalue weighted by Gasteiger charge is -2.42. The van der Waals surface area contributed by atoms with Gasteiger partial charge in [0.1, 0.15) is 0 Å². The Bertz CT molecular complexity index is 1090. The first-order valence-electron chi connectivity index (χ1n) is 15.0. The Hall–Kier alpha value is -1.90. The first kappa shape index (κ1) is 29.1. The van der Waals surface area contributed by atoms with Crippen molar-refractivity contribution in [1.82, 2.24) is 5.32 Å². The van der Waals surface area contributed by atoms with Crippen molar-refractivity contribution in [2.45, 2.75) is 96.8 Å². The number of allylic oxidation sites excluding steroid dienone is 5. The molecule has 0 spiro atoms. The predicted molar refractivity (Wildman–Crippen MR) is 160 cm³/mol. The van der Waals surface area contributed by atoms with Crippen LogP contribution in [0.1, 0.15) is 103 Å². The van der Waals surface area contributed by atoms with E-state index in [1.54, 1.807) is 0 Å². The number of aliphatic hydroxyl groups is 2.